The highest BCUT2D eigenvalue weighted by Crippen LogP contribution is 2.54. The Kier molecular flexibility index (Phi) is 8.37. The van der Waals surface area contributed by atoms with Crippen LogP contribution in [0.15, 0.2) is 42.5 Å². The van der Waals surface area contributed by atoms with Crippen molar-refractivity contribution in [3.63, 3.8) is 0 Å². The lowest BCUT2D eigenvalue weighted by atomic mass is 9.62. The van der Waals surface area contributed by atoms with Gasteiger partial charge in [0.2, 0.25) is 0 Å². The largest absolute Gasteiger partial charge is 0.453 e. The summed E-state index contributed by atoms with van der Waals surface area (Å²) in [7, 11) is 1.41. The summed E-state index contributed by atoms with van der Waals surface area (Å²) < 4.78 is 33.9. The van der Waals surface area contributed by atoms with Crippen LogP contribution >= 0.6 is 0 Å². The van der Waals surface area contributed by atoms with Gasteiger partial charge in [0, 0.05) is 56.3 Å². The van der Waals surface area contributed by atoms with E-state index in [1.54, 1.807) is 12.1 Å². The number of alkyl carbamates (subject to hydrolysis) is 1. The summed E-state index contributed by atoms with van der Waals surface area (Å²) in [6.45, 7) is 6.73. The Balaban J connectivity index is 1.17. The molecule has 1 saturated carbocycles. The van der Waals surface area contributed by atoms with E-state index in [0.29, 0.717) is 11.8 Å². The van der Waals surface area contributed by atoms with E-state index in [0.717, 1.165) is 95.6 Å². The number of halogens is 2. The second kappa shape index (κ2) is 12.2. The number of amides is 1. The first-order valence-corrected chi connectivity index (χ1v) is 15.4. The normalized spacial score (nSPS) is 25.2. The topological polar surface area (TPSA) is 71.8 Å². The lowest BCUT2D eigenvalue weighted by molar-refractivity contribution is -0.0858. The van der Waals surface area contributed by atoms with E-state index in [9.17, 15) is 13.6 Å². The van der Waals surface area contributed by atoms with Crippen LogP contribution in [0.5, 0.6) is 0 Å². The minimum atomic E-state index is -0.462. The summed E-state index contributed by atoms with van der Waals surface area (Å²) in [6, 6.07) is 14.0. The Labute approximate surface area is 247 Å². The fourth-order valence-corrected chi connectivity index (χ4v) is 8.33. The average molecular weight is 578 g/mol. The minimum Gasteiger partial charge on any atom is -0.453 e. The summed E-state index contributed by atoms with van der Waals surface area (Å²) in [5.74, 6) is 0.383. The number of hydrogen-bond donors (Lipinski definition) is 1. The Morgan fingerprint density at radius 1 is 1.05 bits per heavy atom. The maximum Gasteiger partial charge on any atom is 0.407 e. The van der Waals surface area contributed by atoms with Crippen molar-refractivity contribution in [1.29, 1.82) is 5.26 Å². The van der Waals surface area contributed by atoms with Gasteiger partial charge in [-0.3, -0.25) is 4.90 Å². The van der Waals surface area contributed by atoms with Crippen LogP contribution in [0.2, 0.25) is 0 Å². The Hall–Kier alpha value is -3.22. The first-order chi connectivity index (χ1) is 20.4. The molecule has 0 radical (unpaired) electrons. The molecule has 0 aromatic heterocycles. The standard InChI is InChI=1S/C33H41F2N5O2/c1-42-32(41)37-31-8-3-7-29(31)33(40-13-4-14-40,26-5-2-6-27(34)17-26)25-11-15-38(16-12-25)20-23-21-39(22-23)28-10-9-24(19-36)30(35)18-28/h2,5-6,9-10,17-18,23,25,29,31H,3-4,7-8,11-16,20-22H2,1H3,(H,37,41)/t29-,31-,33?/m0/s1. The number of carbonyl (C=O) groups excluding carboxylic acids is 1. The highest BCUT2D eigenvalue weighted by Gasteiger charge is 2.56. The second-order valence-electron chi connectivity index (χ2n) is 12.6. The smallest absolute Gasteiger partial charge is 0.407 e. The van der Waals surface area contributed by atoms with Crippen LogP contribution in [0.1, 0.15) is 49.7 Å². The number of nitriles is 1. The number of piperidine rings is 1. The van der Waals surface area contributed by atoms with Crippen molar-refractivity contribution in [2.75, 3.05) is 57.8 Å². The average Bonchev–Trinajstić information content (AvgIpc) is 3.40. The first-order valence-electron chi connectivity index (χ1n) is 15.4. The minimum absolute atomic E-state index is 0.00707. The van der Waals surface area contributed by atoms with Crippen LogP contribution in [0.4, 0.5) is 19.3 Å². The molecule has 42 heavy (non-hydrogen) atoms. The van der Waals surface area contributed by atoms with Crippen LogP contribution in [0.3, 0.4) is 0 Å². The van der Waals surface area contributed by atoms with Gasteiger partial charge < -0.3 is 19.9 Å². The van der Waals surface area contributed by atoms with Gasteiger partial charge in [0.05, 0.1) is 18.2 Å². The molecule has 1 aliphatic carbocycles. The van der Waals surface area contributed by atoms with Gasteiger partial charge in [-0.05, 0) is 87.0 Å². The van der Waals surface area contributed by atoms with E-state index in [2.05, 4.69) is 26.1 Å². The maximum atomic E-state index is 14.8. The van der Waals surface area contributed by atoms with Crippen molar-refractivity contribution in [2.24, 2.45) is 17.8 Å². The molecule has 2 aromatic carbocycles. The van der Waals surface area contributed by atoms with Gasteiger partial charge in [0.15, 0.2) is 0 Å². The molecule has 224 valence electrons. The predicted octanol–water partition coefficient (Wildman–Crippen LogP) is 5.11. The highest BCUT2D eigenvalue weighted by atomic mass is 19.1. The Morgan fingerprint density at radius 3 is 2.48 bits per heavy atom. The number of carbonyl (C=O) groups is 1. The molecule has 0 bridgehead atoms. The third-order valence-corrected chi connectivity index (χ3v) is 10.4. The summed E-state index contributed by atoms with van der Waals surface area (Å²) >= 11 is 0. The van der Waals surface area contributed by atoms with Gasteiger partial charge in [-0.2, -0.15) is 5.26 Å². The molecule has 1 N–H and O–H groups in total. The summed E-state index contributed by atoms with van der Waals surface area (Å²) in [6.07, 6.45) is 5.72. The van der Waals surface area contributed by atoms with Crippen molar-refractivity contribution >= 4 is 11.8 Å². The van der Waals surface area contributed by atoms with Crippen LogP contribution in [0.25, 0.3) is 0 Å². The highest BCUT2D eigenvalue weighted by molar-refractivity contribution is 5.67. The SMILES string of the molecule is COC(=O)N[C@H]1CCC[C@@H]1C(c1cccc(F)c1)(C1CCN(CC2CN(c3ccc(C#N)c(F)c3)C2)CC1)N1CCC1. The molecule has 0 spiro atoms. The molecule has 1 unspecified atom stereocenters. The summed E-state index contributed by atoms with van der Waals surface area (Å²) in [4.78, 5) is 19.7. The molecular weight excluding hydrogens is 536 g/mol. The quantitative estimate of drug-likeness (QED) is 0.470. The van der Waals surface area contributed by atoms with Gasteiger partial charge in [0.1, 0.15) is 17.7 Å². The number of hydrogen-bond acceptors (Lipinski definition) is 6. The van der Waals surface area contributed by atoms with Crippen molar-refractivity contribution in [1.82, 2.24) is 15.1 Å². The van der Waals surface area contributed by atoms with Crippen LogP contribution in [-0.4, -0.2) is 74.9 Å². The number of likely N-dealkylation sites (tertiary alicyclic amines) is 2. The van der Waals surface area contributed by atoms with E-state index in [1.165, 1.54) is 19.2 Å². The molecule has 6 rings (SSSR count). The monoisotopic (exact) mass is 577 g/mol. The van der Waals surface area contributed by atoms with E-state index in [4.69, 9.17) is 10.00 Å². The molecule has 3 heterocycles. The molecule has 3 atom stereocenters. The lowest BCUT2D eigenvalue weighted by Crippen LogP contribution is -2.65. The van der Waals surface area contributed by atoms with Gasteiger partial charge in [-0.1, -0.05) is 18.6 Å². The summed E-state index contributed by atoms with van der Waals surface area (Å²) in [5, 5.41) is 12.2. The molecule has 1 amide bonds. The number of methoxy groups -OCH3 is 1. The molecule has 4 fully saturated rings. The number of ether oxygens (including phenoxy) is 1. The number of nitrogens with zero attached hydrogens (tertiary/aromatic N) is 4. The number of rotatable bonds is 8. The van der Waals surface area contributed by atoms with Crippen molar-refractivity contribution in [3.05, 3.63) is 65.2 Å². The van der Waals surface area contributed by atoms with Crippen LogP contribution in [-0.2, 0) is 10.3 Å². The number of anilines is 1. The van der Waals surface area contributed by atoms with Gasteiger partial charge in [0.25, 0.3) is 0 Å². The van der Waals surface area contributed by atoms with E-state index in [-0.39, 0.29) is 28.9 Å². The molecular formula is C33H41F2N5O2. The Morgan fingerprint density at radius 2 is 1.83 bits per heavy atom. The van der Waals surface area contributed by atoms with E-state index in [1.807, 2.05) is 18.2 Å². The number of nitrogens with one attached hydrogen (secondary N) is 1. The van der Waals surface area contributed by atoms with E-state index >= 15 is 0 Å². The molecule has 2 aromatic rings. The zero-order valence-electron chi connectivity index (χ0n) is 24.4. The first kappa shape index (κ1) is 28.9. The van der Waals surface area contributed by atoms with Crippen molar-refractivity contribution in [3.8, 4) is 6.07 Å². The van der Waals surface area contributed by atoms with Gasteiger partial charge in [-0.25, -0.2) is 13.6 Å². The number of benzene rings is 2. The summed E-state index contributed by atoms with van der Waals surface area (Å²) in [5.41, 5.74) is 1.63. The Bertz CT molecular complexity index is 1320. The van der Waals surface area contributed by atoms with Crippen molar-refractivity contribution < 1.29 is 18.3 Å². The fraction of sp³-hybridized carbons (Fsp3) is 0.576. The zero-order valence-corrected chi connectivity index (χ0v) is 24.4. The molecule has 3 saturated heterocycles. The third-order valence-electron chi connectivity index (χ3n) is 10.4. The fourth-order valence-electron chi connectivity index (χ4n) is 8.33. The predicted molar refractivity (Wildman–Crippen MR) is 157 cm³/mol. The zero-order chi connectivity index (χ0) is 29.3. The van der Waals surface area contributed by atoms with E-state index < -0.39 is 11.9 Å². The lowest BCUT2D eigenvalue weighted by Gasteiger charge is -2.59. The molecule has 3 aliphatic heterocycles. The maximum absolute atomic E-state index is 14.8. The van der Waals surface area contributed by atoms with Gasteiger partial charge in [-0.15, -0.1) is 0 Å². The third kappa shape index (κ3) is 5.35. The molecule has 9 heteroatoms. The van der Waals surface area contributed by atoms with Crippen LogP contribution in [0, 0.1) is 40.7 Å². The second-order valence-corrected chi connectivity index (χ2v) is 12.6. The molecule has 4 aliphatic rings. The van der Waals surface area contributed by atoms with Crippen LogP contribution < -0.4 is 10.2 Å². The molecule has 7 nitrogen and oxygen atoms in total. The van der Waals surface area contributed by atoms with Gasteiger partial charge >= 0.3 is 6.09 Å². The van der Waals surface area contributed by atoms with Crippen molar-refractivity contribution in [2.45, 2.75) is 50.1 Å².